The van der Waals surface area contributed by atoms with Crippen LogP contribution in [0.25, 0.3) is 0 Å². The molecule has 158 valence electrons. The molecular weight excluding hydrogens is 346 g/mol. The Morgan fingerprint density at radius 3 is 2.11 bits per heavy atom. The van der Waals surface area contributed by atoms with Crippen molar-refractivity contribution in [1.82, 2.24) is 5.32 Å². The van der Waals surface area contributed by atoms with E-state index in [1.54, 1.807) is 0 Å². The summed E-state index contributed by atoms with van der Waals surface area (Å²) in [6, 6.07) is 1.25. The number of fused-ring (bicyclic) bond motifs is 5. The minimum absolute atomic E-state index is 0.0246. The molecule has 0 saturated heterocycles. The molecule has 0 amide bonds. The summed E-state index contributed by atoms with van der Waals surface area (Å²) >= 11 is 0. The predicted octanol–water partition coefficient (Wildman–Crippen LogP) is 5.48. The van der Waals surface area contributed by atoms with Gasteiger partial charge in [-0.05, 0) is 67.8 Å². The second kappa shape index (κ2) is 8.05. The predicted molar refractivity (Wildman–Crippen MR) is 115 cm³/mol. The Morgan fingerprint density at radius 2 is 1.50 bits per heavy atom. The van der Waals surface area contributed by atoms with Crippen molar-refractivity contribution < 1.29 is 9.59 Å². The maximum atomic E-state index is 12.4. The Labute approximate surface area is 172 Å². The van der Waals surface area contributed by atoms with Gasteiger partial charge in [-0.25, -0.2) is 0 Å². The van der Waals surface area contributed by atoms with Crippen molar-refractivity contribution in [1.29, 1.82) is 0 Å². The van der Waals surface area contributed by atoms with Gasteiger partial charge < -0.3 is 5.32 Å². The summed E-state index contributed by atoms with van der Waals surface area (Å²) in [6.07, 6.45) is 10.2. The Morgan fingerprint density at radius 1 is 0.857 bits per heavy atom. The van der Waals surface area contributed by atoms with Gasteiger partial charge in [0.25, 0.3) is 0 Å². The zero-order valence-electron chi connectivity index (χ0n) is 18.9. The van der Waals surface area contributed by atoms with Gasteiger partial charge in [0.2, 0.25) is 0 Å². The van der Waals surface area contributed by atoms with Crippen LogP contribution in [0.5, 0.6) is 0 Å². The van der Waals surface area contributed by atoms with Gasteiger partial charge >= 0.3 is 0 Å². The van der Waals surface area contributed by atoms with E-state index in [1.807, 2.05) is 6.08 Å². The fourth-order valence-electron chi connectivity index (χ4n) is 7.00. The fraction of sp³-hybridized carbons (Fsp3) is 0.840. The number of Topliss-reactive ketones (excluding diaryl/α,β-unsaturated/α-hetero) is 1. The Bertz CT molecular complexity index is 643. The van der Waals surface area contributed by atoms with Crippen LogP contribution in [0.1, 0.15) is 92.9 Å². The summed E-state index contributed by atoms with van der Waals surface area (Å²) in [4.78, 5) is 24.1. The summed E-state index contributed by atoms with van der Waals surface area (Å²) in [5, 5.41) is 3.31. The van der Waals surface area contributed by atoms with Gasteiger partial charge in [-0.1, -0.05) is 47.1 Å². The first-order chi connectivity index (χ1) is 13.1. The van der Waals surface area contributed by atoms with E-state index < -0.39 is 0 Å². The number of allylic oxidation sites excluding steroid dienone is 1. The number of nitrogens with one attached hydrogen (secondary N) is 1. The van der Waals surface area contributed by atoms with Crippen LogP contribution in [-0.2, 0) is 9.59 Å². The van der Waals surface area contributed by atoms with Gasteiger partial charge in [0.05, 0.1) is 0 Å². The topological polar surface area (TPSA) is 46.2 Å². The van der Waals surface area contributed by atoms with Gasteiger partial charge in [-0.3, -0.25) is 9.59 Å². The highest BCUT2D eigenvalue weighted by Crippen LogP contribution is 2.64. The third-order valence-corrected chi connectivity index (χ3v) is 8.34. The highest BCUT2D eigenvalue weighted by Gasteiger charge is 2.58. The summed E-state index contributed by atoms with van der Waals surface area (Å²) in [5.41, 5.74) is 1.64. The molecule has 4 rings (SSSR count). The second-order valence-electron chi connectivity index (χ2n) is 10.9. The maximum absolute atomic E-state index is 12.4. The minimum atomic E-state index is -0.0246. The molecule has 3 heteroatoms. The molecule has 0 aromatic heterocycles. The van der Waals surface area contributed by atoms with Crippen LogP contribution in [-0.4, -0.2) is 23.7 Å². The lowest BCUT2D eigenvalue weighted by Crippen LogP contribution is -2.50. The lowest BCUT2D eigenvalue weighted by molar-refractivity contribution is -0.132. The molecule has 0 radical (unpaired) electrons. The quantitative estimate of drug-likeness (QED) is 0.682. The molecule has 4 aliphatic carbocycles. The van der Waals surface area contributed by atoms with E-state index in [0.717, 1.165) is 38.5 Å². The highest BCUT2D eigenvalue weighted by atomic mass is 16.1. The van der Waals surface area contributed by atoms with Crippen LogP contribution in [0.2, 0.25) is 0 Å². The minimum Gasteiger partial charge on any atom is -0.312 e. The number of rotatable bonds is 2. The van der Waals surface area contributed by atoms with Crippen LogP contribution in [0.15, 0.2) is 11.6 Å². The average molecular weight is 388 g/mol. The van der Waals surface area contributed by atoms with Gasteiger partial charge in [-0.15, -0.1) is 0 Å². The lowest BCUT2D eigenvalue weighted by Gasteiger charge is -2.56. The number of hydrogen-bond donors (Lipinski definition) is 1. The molecule has 28 heavy (non-hydrogen) atoms. The molecule has 4 aliphatic rings. The molecule has 0 aromatic carbocycles. The van der Waals surface area contributed by atoms with Gasteiger partial charge in [-0.2, -0.15) is 0 Å². The van der Waals surface area contributed by atoms with Crippen molar-refractivity contribution in [2.75, 3.05) is 0 Å². The van der Waals surface area contributed by atoms with E-state index in [1.165, 1.54) is 18.4 Å². The third-order valence-electron chi connectivity index (χ3n) is 8.34. The number of carbonyl (C=O) groups is 2. The average Bonchev–Trinajstić information content (AvgIpc) is 2.90. The van der Waals surface area contributed by atoms with Gasteiger partial charge in [0.1, 0.15) is 5.78 Å². The summed E-state index contributed by atoms with van der Waals surface area (Å²) in [7, 11) is 0. The zero-order chi connectivity index (χ0) is 20.7. The monoisotopic (exact) mass is 387 g/mol. The lowest BCUT2D eigenvalue weighted by atomic mass is 9.47. The van der Waals surface area contributed by atoms with Gasteiger partial charge in [0, 0.05) is 30.3 Å². The van der Waals surface area contributed by atoms with Crippen LogP contribution < -0.4 is 5.32 Å². The number of carbonyl (C=O) groups excluding carboxylic acids is 2. The molecule has 0 aromatic rings. The smallest absolute Gasteiger partial charge is 0.155 e. The van der Waals surface area contributed by atoms with E-state index in [2.05, 4.69) is 46.9 Å². The Balaban J connectivity index is 0.000000279. The third kappa shape index (κ3) is 3.88. The molecular formula is C25H41NO2. The SMILES string of the molecule is CC(C)NC(C)C.C[C@]12CCC(=O)C=C1CC[C@@H]1[C@@H]2CC[C@]2(C)C(=O)CC[C@@H]12. The summed E-state index contributed by atoms with van der Waals surface area (Å²) in [6.45, 7) is 13.3. The van der Waals surface area contributed by atoms with E-state index in [4.69, 9.17) is 0 Å². The van der Waals surface area contributed by atoms with Crippen LogP contribution in [0.3, 0.4) is 0 Å². The molecule has 0 bridgehead atoms. The van der Waals surface area contributed by atoms with E-state index in [9.17, 15) is 9.59 Å². The van der Waals surface area contributed by atoms with Crippen LogP contribution in [0.4, 0.5) is 0 Å². The Kier molecular flexibility index (Phi) is 6.25. The molecule has 3 saturated carbocycles. The first kappa shape index (κ1) is 21.7. The number of ketones is 2. The normalized spacial score (nSPS) is 39.7. The van der Waals surface area contributed by atoms with Crippen molar-refractivity contribution in [2.45, 2.75) is 105 Å². The molecule has 0 heterocycles. The zero-order valence-corrected chi connectivity index (χ0v) is 18.9. The molecule has 0 spiro atoms. The van der Waals surface area contributed by atoms with Crippen molar-refractivity contribution >= 4 is 11.6 Å². The van der Waals surface area contributed by atoms with Crippen molar-refractivity contribution in [2.24, 2.45) is 28.6 Å². The van der Waals surface area contributed by atoms with Crippen LogP contribution in [0, 0.1) is 28.6 Å². The molecule has 3 fully saturated rings. The van der Waals surface area contributed by atoms with Crippen molar-refractivity contribution in [3.05, 3.63) is 11.6 Å². The first-order valence-corrected chi connectivity index (χ1v) is 11.6. The molecule has 5 atom stereocenters. The second-order valence-corrected chi connectivity index (χ2v) is 10.9. The van der Waals surface area contributed by atoms with Crippen molar-refractivity contribution in [3.63, 3.8) is 0 Å². The van der Waals surface area contributed by atoms with Crippen molar-refractivity contribution in [3.8, 4) is 0 Å². The summed E-state index contributed by atoms with van der Waals surface area (Å²) < 4.78 is 0. The highest BCUT2D eigenvalue weighted by molar-refractivity contribution is 5.91. The summed E-state index contributed by atoms with van der Waals surface area (Å²) in [5.74, 6) is 2.88. The Hall–Kier alpha value is -0.960. The molecule has 0 aliphatic heterocycles. The molecule has 3 nitrogen and oxygen atoms in total. The largest absolute Gasteiger partial charge is 0.312 e. The van der Waals surface area contributed by atoms with Crippen LogP contribution >= 0.6 is 0 Å². The number of hydrogen-bond acceptors (Lipinski definition) is 3. The van der Waals surface area contributed by atoms with E-state index >= 15 is 0 Å². The van der Waals surface area contributed by atoms with E-state index in [0.29, 0.717) is 41.4 Å². The van der Waals surface area contributed by atoms with E-state index in [-0.39, 0.29) is 10.8 Å². The van der Waals surface area contributed by atoms with Gasteiger partial charge in [0.15, 0.2) is 5.78 Å². The molecule has 0 unspecified atom stereocenters. The first-order valence-electron chi connectivity index (χ1n) is 11.6. The fourth-order valence-corrected chi connectivity index (χ4v) is 7.00. The standard InChI is InChI=1S/C19H26O2.C6H15N/c1-18-9-7-13(20)11-12(18)3-4-14-15-5-6-17(21)19(15,2)10-8-16(14)18;1-5(2)7-6(3)4/h11,14-16H,3-10H2,1-2H3;5-7H,1-4H3/t14-,15-,16-,18-,19-;/m0./s1. The maximum Gasteiger partial charge on any atom is 0.155 e. The molecule has 1 N–H and O–H groups in total.